The molecule has 0 bridgehead atoms. The van der Waals surface area contributed by atoms with E-state index in [1.54, 1.807) is 78.9 Å². The molecule has 5 atom stereocenters. The summed E-state index contributed by atoms with van der Waals surface area (Å²) in [5.74, 6) is -2.22. The SMILES string of the molecule is CC(OC(=O)c1ccccc1)[C@H]1O[C@@H](n2ccc(=O)[nH]c2=O)[C@](C)(OC(=O)c2ccccc2)C1OC(=O)c1ccccc1. The van der Waals surface area contributed by atoms with Gasteiger partial charge in [0.15, 0.2) is 17.9 Å². The van der Waals surface area contributed by atoms with Crippen LogP contribution in [-0.2, 0) is 18.9 Å². The van der Waals surface area contributed by atoms with Crippen molar-refractivity contribution in [2.75, 3.05) is 0 Å². The fraction of sp³-hybridized carbons (Fsp3) is 0.219. The molecule has 11 heteroatoms. The van der Waals surface area contributed by atoms with E-state index in [-0.39, 0.29) is 16.7 Å². The predicted molar refractivity (Wildman–Crippen MR) is 152 cm³/mol. The third-order valence-corrected chi connectivity index (χ3v) is 7.07. The van der Waals surface area contributed by atoms with E-state index >= 15 is 0 Å². The molecule has 1 N–H and O–H groups in total. The Balaban J connectivity index is 1.58. The van der Waals surface area contributed by atoms with Crippen LogP contribution in [0.3, 0.4) is 0 Å². The number of H-pyrrole nitrogens is 1. The number of ether oxygens (including phenoxy) is 4. The van der Waals surface area contributed by atoms with Gasteiger partial charge in [-0.2, -0.15) is 0 Å². The van der Waals surface area contributed by atoms with Gasteiger partial charge in [0.05, 0.1) is 16.7 Å². The van der Waals surface area contributed by atoms with Crippen molar-refractivity contribution in [2.45, 2.75) is 44.0 Å². The molecule has 11 nitrogen and oxygen atoms in total. The second-order valence-electron chi connectivity index (χ2n) is 10.1. The quantitative estimate of drug-likeness (QED) is 0.243. The largest absolute Gasteiger partial charge is 0.456 e. The van der Waals surface area contributed by atoms with E-state index in [0.29, 0.717) is 0 Å². The Morgan fingerprint density at radius 3 is 1.84 bits per heavy atom. The second kappa shape index (κ2) is 12.3. The number of nitrogens with zero attached hydrogens (tertiary/aromatic N) is 1. The van der Waals surface area contributed by atoms with Crippen LogP contribution in [0, 0.1) is 0 Å². The third kappa shape index (κ3) is 6.16. The lowest BCUT2D eigenvalue weighted by atomic mass is 9.93. The number of benzene rings is 3. The monoisotopic (exact) mass is 584 g/mol. The zero-order valence-corrected chi connectivity index (χ0v) is 23.2. The molecule has 43 heavy (non-hydrogen) atoms. The third-order valence-electron chi connectivity index (χ3n) is 7.07. The maximum atomic E-state index is 13.4. The van der Waals surface area contributed by atoms with Crippen molar-refractivity contribution in [3.8, 4) is 0 Å². The second-order valence-corrected chi connectivity index (χ2v) is 10.1. The van der Waals surface area contributed by atoms with Gasteiger partial charge in [-0.15, -0.1) is 0 Å². The Morgan fingerprint density at radius 2 is 1.30 bits per heavy atom. The van der Waals surface area contributed by atoms with Crippen LogP contribution in [0.25, 0.3) is 0 Å². The van der Waals surface area contributed by atoms with Gasteiger partial charge in [0.25, 0.3) is 5.56 Å². The Morgan fingerprint density at radius 1 is 0.791 bits per heavy atom. The minimum atomic E-state index is -1.86. The first kappa shape index (κ1) is 29.2. The fourth-order valence-corrected chi connectivity index (χ4v) is 4.89. The van der Waals surface area contributed by atoms with Crippen LogP contribution >= 0.6 is 0 Å². The normalized spacial score (nSPS) is 21.9. The summed E-state index contributed by atoms with van der Waals surface area (Å²) in [6, 6.07) is 25.6. The molecule has 1 fully saturated rings. The van der Waals surface area contributed by atoms with Crippen LogP contribution in [0.15, 0.2) is 113 Å². The van der Waals surface area contributed by atoms with Crippen LogP contribution in [-0.4, -0.2) is 51.4 Å². The van der Waals surface area contributed by atoms with Crippen LogP contribution in [0.1, 0.15) is 51.1 Å². The fourth-order valence-electron chi connectivity index (χ4n) is 4.89. The summed E-state index contributed by atoms with van der Waals surface area (Å²) >= 11 is 0. The van der Waals surface area contributed by atoms with Gasteiger partial charge in [0, 0.05) is 12.3 Å². The molecule has 0 saturated carbocycles. The summed E-state index contributed by atoms with van der Waals surface area (Å²) in [5, 5.41) is 0. The van der Waals surface area contributed by atoms with Crippen molar-refractivity contribution in [3.63, 3.8) is 0 Å². The molecule has 3 aromatic carbocycles. The van der Waals surface area contributed by atoms with Crippen molar-refractivity contribution in [1.82, 2.24) is 9.55 Å². The average Bonchev–Trinajstić information content (AvgIpc) is 3.29. The summed E-state index contributed by atoms with van der Waals surface area (Å²) in [6.45, 7) is 2.98. The number of nitrogens with one attached hydrogen (secondary N) is 1. The molecule has 1 aliphatic heterocycles. The number of aromatic nitrogens is 2. The summed E-state index contributed by atoms with van der Waals surface area (Å²) in [7, 11) is 0. The standard InChI is InChI=1S/C32H28N2O9/c1-20(40-27(36)21-12-6-3-7-13-21)25-26(42-28(37)22-14-8-4-9-15-22)32(2,43-29(38)23-16-10-5-11-17-23)30(41-25)34-19-18-24(35)33-31(34)39/h3-20,25-26,30H,1-2H3,(H,33,35,39)/t20?,25-,26?,30-,32-/m1/s1. The lowest BCUT2D eigenvalue weighted by molar-refractivity contribution is -0.113. The van der Waals surface area contributed by atoms with E-state index in [2.05, 4.69) is 4.98 Å². The van der Waals surface area contributed by atoms with Crippen molar-refractivity contribution in [3.05, 3.63) is 141 Å². The molecule has 0 radical (unpaired) electrons. The van der Waals surface area contributed by atoms with Crippen LogP contribution in [0.5, 0.6) is 0 Å². The Labute approximate surface area is 245 Å². The summed E-state index contributed by atoms with van der Waals surface area (Å²) in [5.41, 5.74) is -2.71. The van der Waals surface area contributed by atoms with E-state index in [0.717, 1.165) is 10.6 Å². The maximum Gasteiger partial charge on any atom is 0.338 e. The van der Waals surface area contributed by atoms with Crippen molar-refractivity contribution in [1.29, 1.82) is 0 Å². The highest BCUT2D eigenvalue weighted by atomic mass is 16.7. The molecule has 0 aliphatic carbocycles. The molecule has 4 aromatic rings. The van der Waals surface area contributed by atoms with Gasteiger partial charge < -0.3 is 18.9 Å². The number of esters is 3. The van der Waals surface area contributed by atoms with Gasteiger partial charge >= 0.3 is 23.6 Å². The number of carbonyl (C=O) groups is 3. The van der Waals surface area contributed by atoms with Gasteiger partial charge in [-0.3, -0.25) is 14.3 Å². The molecule has 1 aromatic heterocycles. The summed E-state index contributed by atoms with van der Waals surface area (Å²) < 4.78 is 25.0. The number of hydrogen-bond donors (Lipinski definition) is 1. The number of carbonyl (C=O) groups excluding carboxylic acids is 3. The predicted octanol–water partition coefficient (Wildman–Crippen LogP) is 3.52. The lowest BCUT2D eigenvalue weighted by Gasteiger charge is -2.35. The lowest BCUT2D eigenvalue weighted by Crippen LogP contribution is -2.53. The van der Waals surface area contributed by atoms with Gasteiger partial charge in [-0.1, -0.05) is 54.6 Å². The zero-order valence-electron chi connectivity index (χ0n) is 23.2. The number of hydrogen-bond acceptors (Lipinski definition) is 9. The minimum Gasteiger partial charge on any atom is -0.456 e. The molecule has 220 valence electrons. The summed E-state index contributed by atoms with van der Waals surface area (Å²) in [6.07, 6.45) is -3.92. The Bertz CT molecular complexity index is 1720. The molecular formula is C32H28N2O9. The van der Waals surface area contributed by atoms with Crippen molar-refractivity contribution >= 4 is 17.9 Å². The molecule has 0 spiro atoms. The smallest absolute Gasteiger partial charge is 0.338 e. The van der Waals surface area contributed by atoms with Gasteiger partial charge in [0.1, 0.15) is 12.2 Å². The first-order valence-corrected chi connectivity index (χ1v) is 13.4. The molecule has 1 saturated heterocycles. The van der Waals surface area contributed by atoms with E-state index in [1.807, 2.05) is 0 Å². The Kier molecular flexibility index (Phi) is 8.35. The topological polar surface area (TPSA) is 143 Å². The molecule has 1 aliphatic rings. The van der Waals surface area contributed by atoms with E-state index in [1.165, 1.54) is 32.2 Å². The molecule has 0 amide bonds. The molecule has 5 rings (SSSR count). The van der Waals surface area contributed by atoms with Crippen LogP contribution < -0.4 is 11.2 Å². The molecule has 2 heterocycles. The number of aromatic amines is 1. The van der Waals surface area contributed by atoms with Gasteiger partial charge in [-0.05, 0) is 50.2 Å². The van der Waals surface area contributed by atoms with Crippen molar-refractivity contribution in [2.24, 2.45) is 0 Å². The van der Waals surface area contributed by atoms with E-state index in [9.17, 15) is 24.0 Å². The van der Waals surface area contributed by atoms with E-state index < -0.39 is 59.3 Å². The van der Waals surface area contributed by atoms with Gasteiger partial charge in [0.2, 0.25) is 0 Å². The Hall–Kier alpha value is -5.29. The van der Waals surface area contributed by atoms with E-state index in [4.69, 9.17) is 18.9 Å². The molecular weight excluding hydrogens is 556 g/mol. The summed E-state index contributed by atoms with van der Waals surface area (Å²) in [4.78, 5) is 66.7. The highest BCUT2D eigenvalue weighted by molar-refractivity contribution is 5.91. The average molecular weight is 585 g/mol. The number of rotatable bonds is 8. The zero-order chi connectivity index (χ0) is 30.6. The highest BCUT2D eigenvalue weighted by Crippen LogP contribution is 2.44. The van der Waals surface area contributed by atoms with Crippen LogP contribution in [0.2, 0.25) is 0 Å². The maximum absolute atomic E-state index is 13.4. The van der Waals surface area contributed by atoms with Gasteiger partial charge in [-0.25, -0.2) is 19.2 Å². The van der Waals surface area contributed by atoms with Crippen molar-refractivity contribution < 1.29 is 33.3 Å². The minimum absolute atomic E-state index is 0.191. The first-order valence-electron chi connectivity index (χ1n) is 13.4. The first-order chi connectivity index (χ1) is 20.7. The molecule has 2 unspecified atom stereocenters. The highest BCUT2D eigenvalue weighted by Gasteiger charge is 2.62. The van der Waals surface area contributed by atoms with Crippen LogP contribution in [0.4, 0.5) is 0 Å².